The van der Waals surface area contributed by atoms with Gasteiger partial charge in [0, 0.05) is 0 Å². The third-order valence-corrected chi connectivity index (χ3v) is 23.1. The second kappa shape index (κ2) is 12.7. The van der Waals surface area contributed by atoms with Crippen LogP contribution in [0.1, 0.15) is 54.9 Å². The molecule has 0 nitrogen and oxygen atoms in total. The van der Waals surface area contributed by atoms with Crippen molar-refractivity contribution >= 4 is 8.84 Å². The molecule has 4 aromatic carbocycles. The van der Waals surface area contributed by atoms with Crippen molar-refractivity contribution in [2.75, 3.05) is 0 Å². The van der Waals surface area contributed by atoms with Crippen molar-refractivity contribution in [1.82, 2.24) is 0 Å². The Morgan fingerprint density at radius 2 is 1.32 bits per heavy atom. The maximum absolute atomic E-state index is 2.91. The molecule has 1 atom stereocenters. The minimum absolute atomic E-state index is 0.655. The van der Waals surface area contributed by atoms with Gasteiger partial charge in [-0.3, -0.25) is 0 Å². The Balaban J connectivity index is 1.35. The first-order valence-electron chi connectivity index (χ1n) is 15.2. The van der Waals surface area contributed by atoms with Gasteiger partial charge in [0.2, 0.25) is 0 Å². The van der Waals surface area contributed by atoms with E-state index in [1.54, 1.807) is 8.83 Å². The van der Waals surface area contributed by atoms with Crippen LogP contribution >= 0.6 is 0 Å². The van der Waals surface area contributed by atoms with Gasteiger partial charge >= 0.3 is 247 Å². The molecule has 6 rings (SSSR count). The number of hydrogen-bond acceptors (Lipinski definition) is 0. The van der Waals surface area contributed by atoms with Crippen LogP contribution in [0.5, 0.6) is 0 Å². The summed E-state index contributed by atoms with van der Waals surface area (Å²) in [6, 6.07) is 38.3. The molecule has 40 heavy (non-hydrogen) atoms. The van der Waals surface area contributed by atoms with Crippen LogP contribution in [0.25, 0.3) is 16.7 Å². The van der Waals surface area contributed by atoms with Crippen LogP contribution < -0.4 is 3.27 Å². The molecule has 0 fully saturated rings. The molecule has 0 bridgehead atoms. The summed E-state index contributed by atoms with van der Waals surface area (Å²) in [7, 11) is 0. The molecule has 0 spiro atoms. The molecule has 0 amide bonds. The monoisotopic (exact) mass is 598 g/mol. The van der Waals surface area contributed by atoms with Gasteiger partial charge in [-0.1, -0.05) is 0 Å². The van der Waals surface area contributed by atoms with Crippen LogP contribution in [0.2, 0.25) is 11.9 Å². The second-order valence-corrected chi connectivity index (χ2v) is 22.6. The van der Waals surface area contributed by atoms with E-state index in [1.807, 2.05) is 0 Å². The van der Waals surface area contributed by atoms with E-state index in [0.717, 1.165) is 12.8 Å². The number of unbranched alkanes of at least 4 members (excludes halogenated alkanes) is 2. The average molecular weight is 600 g/mol. The summed E-state index contributed by atoms with van der Waals surface area (Å²) in [4.78, 5) is 0. The van der Waals surface area contributed by atoms with Crippen LogP contribution in [-0.2, 0) is 26.7 Å². The SMILES string of the molecule is CCC[CH2][Zr]([CH2]CCC=C(c1ccccc1)c1ccccc1)([c]1cccc2c1Cc1ccccc1-2)[CH]1C=CC=C1. The molecule has 2 aliphatic carbocycles. The van der Waals surface area contributed by atoms with E-state index in [-0.39, 0.29) is 0 Å². The van der Waals surface area contributed by atoms with Gasteiger partial charge in [0.15, 0.2) is 0 Å². The Bertz CT molecular complexity index is 1470. The standard InChI is InChI=1S/C17H17.C13H9.C5H5.C4H9.Zr/c1-2-3-14-17(15-10-6-4-7-11-15)16-12-8-5-9-13-16;1-3-7-12-10(5-1)9-11-6-2-4-8-13(11)12;1-2-4-5-3-1;1-3-4-2;/h4-14H,1-3H2;1-5,7-8H,9H2;1-5H;1,3-4H2,2H3;. The van der Waals surface area contributed by atoms with Gasteiger partial charge < -0.3 is 0 Å². The zero-order valence-electron chi connectivity index (χ0n) is 23.7. The summed E-state index contributed by atoms with van der Waals surface area (Å²) in [5, 5.41) is 0. The molecule has 0 N–H and O–H groups in total. The molecular weight excluding hydrogens is 560 g/mol. The van der Waals surface area contributed by atoms with Gasteiger partial charge in [0.1, 0.15) is 0 Å². The fraction of sp³-hybridized carbons (Fsp3) is 0.231. The van der Waals surface area contributed by atoms with Crippen LogP contribution in [0.15, 0.2) is 134 Å². The summed E-state index contributed by atoms with van der Waals surface area (Å²) in [6.07, 6.45) is 18.4. The predicted octanol–water partition coefficient (Wildman–Crippen LogP) is 10.5. The van der Waals surface area contributed by atoms with Gasteiger partial charge in [-0.2, -0.15) is 0 Å². The van der Waals surface area contributed by atoms with Crippen molar-refractivity contribution in [2.45, 2.75) is 50.9 Å². The first-order valence-corrected chi connectivity index (χ1v) is 21.3. The van der Waals surface area contributed by atoms with Crippen LogP contribution in [0.4, 0.5) is 0 Å². The zero-order valence-corrected chi connectivity index (χ0v) is 26.2. The molecule has 0 heterocycles. The number of allylic oxidation sites excluding steroid dienone is 5. The van der Waals surface area contributed by atoms with Gasteiger partial charge in [0.05, 0.1) is 0 Å². The van der Waals surface area contributed by atoms with E-state index in [1.165, 1.54) is 60.9 Å². The number of fused-ring (bicyclic) bond motifs is 3. The van der Waals surface area contributed by atoms with Crippen molar-refractivity contribution < 1.29 is 20.3 Å². The molecule has 1 unspecified atom stereocenters. The van der Waals surface area contributed by atoms with E-state index in [0.29, 0.717) is 3.63 Å². The van der Waals surface area contributed by atoms with Crippen molar-refractivity contribution in [1.29, 1.82) is 0 Å². The van der Waals surface area contributed by atoms with Crippen molar-refractivity contribution in [3.63, 3.8) is 0 Å². The van der Waals surface area contributed by atoms with E-state index in [2.05, 4.69) is 140 Å². The van der Waals surface area contributed by atoms with E-state index < -0.39 is 20.3 Å². The van der Waals surface area contributed by atoms with Crippen molar-refractivity contribution in [3.8, 4) is 11.1 Å². The molecule has 2 aliphatic rings. The fourth-order valence-corrected chi connectivity index (χ4v) is 21.5. The van der Waals surface area contributed by atoms with Gasteiger partial charge in [-0.25, -0.2) is 0 Å². The Hall–Kier alpha value is -3.02. The molecule has 0 radical (unpaired) electrons. The van der Waals surface area contributed by atoms with E-state index >= 15 is 0 Å². The predicted molar refractivity (Wildman–Crippen MR) is 170 cm³/mol. The second-order valence-electron chi connectivity index (χ2n) is 11.5. The van der Waals surface area contributed by atoms with Crippen molar-refractivity contribution in [2.24, 2.45) is 0 Å². The first-order chi connectivity index (χ1) is 19.8. The average Bonchev–Trinajstić information content (AvgIpc) is 3.69. The topological polar surface area (TPSA) is 0 Å². The fourth-order valence-electron chi connectivity index (χ4n) is 7.13. The summed E-state index contributed by atoms with van der Waals surface area (Å²) >= 11 is -2.91. The quantitative estimate of drug-likeness (QED) is 0.133. The van der Waals surface area contributed by atoms with Crippen LogP contribution in [0.3, 0.4) is 0 Å². The van der Waals surface area contributed by atoms with Crippen LogP contribution in [-0.4, -0.2) is 0 Å². The third kappa shape index (κ3) is 5.46. The molecule has 0 aromatic heterocycles. The third-order valence-electron chi connectivity index (χ3n) is 9.09. The van der Waals surface area contributed by atoms with Crippen LogP contribution in [0, 0.1) is 0 Å². The Labute approximate surface area is 245 Å². The summed E-state index contributed by atoms with van der Waals surface area (Å²) in [5.74, 6) is 0. The molecule has 1 heteroatoms. The minimum atomic E-state index is -2.91. The van der Waals surface area contributed by atoms with Gasteiger partial charge in [0.25, 0.3) is 0 Å². The first kappa shape index (κ1) is 27.2. The maximum atomic E-state index is 2.56. The Kier molecular flexibility index (Phi) is 8.60. The van der Waals surface area contributed by atoms with Gasteiger partial charge in [-0.05, 0) is 0 Å². The van der Waals surface area contributed by atoms with Gasteiger partial charge in [-0.15, -0.1) is 0 Å². The Morgan fingerprint density at radius 1 is 0.700 bits per heavy atom. The summed E-state index contributed by atoms with van der Waals surface area (Å²) < 4.78 is 5.29. The molecule has 0 aliphatic heterocycles. The Morgan fingerprint density at radius 3 is 2.02 bits per heavy atom. The molecule has 200 valence electrons. The summed E-state index contributed by atoms with van der Waals surface area (Å²) in [6.45, 7) is 2.37. The summed E-state index contributed by atoms with van der Waals surface area (Å²) in [5.41, 5.74) is 10.1. The molecule has 0 saturated heterocycles. The normalized spacial score (nSPS) is 15.0. The zero-order chi connectivity index (χ0) is 27.2. The number of rotatable bonds is 11. The molecular formula is C39H40Zr. The van der Waals surface area contributed by atoms with Crippen molar-refractivity contribution in [3.05, 3.63) is 156 Å². The van der Waals surface area contributed by atoms with E-state index in [4.69, 9.17) is 0 Å². The number of hydrogen-bond donors (Lipinski definition) is 0. The molecule has 0 saturated carbocycles. The number of benzene rings is 4. The molecule has 4 aromatic rings. The van der Waals surface area contributed by atoms with E-state index in [9.17, 15) is 0 Å².